The summed E-state index contributed by atoms with van der Waals surface area (Å²) in [6.45, 7) is -0.393. The van der Waals surface area contributed by atoms with Crippen molar-refractivity contribution in [3.8, 4) is 5.75 Å². The molecule has 1 saturated heterocycles. The van der Waals surface area contributed by atoms with Gasteiger partial charge in [0.05, 0.1) is 16.4 Å². The molecular formula is C25H16Cl3N3O5. The Morgan fingerprint density at radius 2 is 1.69 bits per heavy atom. The zero-order valence-electron chi connectivity index (χ0n) is 18.3. The standard InChI is InChI=1S/C25H16Cl3N3O5/c26-15-4-3-5-17(12-15)31-24(34)18(23(33)30-25(31)35)11-14-10-16(27)8-9-21(14)36-13-22(32)29-20-7-2-1-6-19(20)28/h1-12H,13H2,(H,29,32)(H,30,33,35)/b18-11+. The zero-order chi connectivity index (χ0) is 25.8. The molecule has 3 aromatic carbocycles. The van der Waals surface area contributed by atoms with E-state index in [0.29, 0.717) is 20.8 Å². The van der Waals surface area contributed by atoms with Gasteiger partial charge in [-0.25, -0.2) is 9.69 Å². The van der Waals surface area contributed by atoms with E-state index in [0.717, 1.165) is 4.90 Å². The predicted octanol–water partition coefficient (Wildman–Crippen LogP) is 5.33. The van der Waals surface area contributed by atoms with Crippen molar-refractivity contribution in [3.63, 3.8) is 0 Å². The highest BCUT2D eigenvalue weighted by Crippen LogP contribution is 2.29. The van der Waals surface area contributed by atoms with E-state index in [9.17, 15) is 19.2 Å². The number of urea groups is 1. The number of barbiturate groups is 1. The van der Waals surface area contributed by atoms with Crippen LogP contribution in [0.3, 0.4) is 0 Å². The highest BCUT2D eigenvalue weighted by Gasteiger charge is 2.37. The third kappa shape index (κ3) is 5.68. The molecule has 3 aromatic rings. The Kier molecular flexibility index (Phi) is 7.59. The van der Waals surface area contributed by atoms with Gasteiger partial charge in [0, 0.05) is 15.6 Å². The van der Waals surface area contributed by atoms with Crippen molar-refractivity contribution >= 4 is 76.0 Å². The van der Waals surface area contributed by atoms with Crippen molar-refractivity contribution in [2.45, 2.75) is 0 Å². The number of halogens is 3. The number of anilines is 2. The normalized spacial score (nSPS) is 14.6. The second-order valence-electron chi connectivity index (χ2n) is 7.44. The van der Waals surface area contributed by atoms with Gasteiger partial charge in [-0.3, -0.25) is 19.7 Å². The number of carbonyl (C=O) groups excluding carboxylic acids is 4. The molecule has 8 nitrogen and oxygen atoms in total. The largest absolute Gasteiger partial charge is 0.483 e. The van der Waals surface area contributed by atoms with Crippen molar-refractivity contribution in [1.29, 1.82) is 0 Å². The number of ether oxygens (including phenoxy) is 1. The quantitative estimate of drug-likeness (QED) is 0.322. The third-order valence-electron chi connectivity index (χ3n) is 4.95. The second kappa shape index (κ2) is 10.8. The third-order valence-corrected chi connectivity index (χ3v) is 5.75. The molecule has 2 N–H and O–H groups in total. The fraction of sp³-hybridized carbons (Fsp3) is 0.0400. The average Bonchev–Trinajstić information content (AvgIpc) is 2.82. The van der Waals surface area contributed by atoms with Crippen molar-refractivity contribution in [1.82, 2.24) is 5.32 Å². The first-order valence-corrected chi connectivity index (χ1v) is 11.5. The van der Waals surface area contributed by atoms with E-state index in [1.807, 2.05) is 0 Å². The summed E-state index contributed by atoms with van der Waals surface area (Å²) < 4.78 is 5.63. The predicted molar refractivity (Wildman–Crippen MR) is 137 cm³/mol. The Bertz CT molecular complexity index is 1420. The molecule has 0 bridgehead atoms. The number of amides is 5. The van der Waals surface area contributed by atoms with Crippen LogP contribution in [0, 0.1) is 0 Å². The zero-order valence-corrected chi connectivity index (χ0v) is 20.5. The summed E-state index contributed by atoms with van der Waals surface area (Å²) in [5.41, 5.74) is 0.498. The minimum atomic E-state index is -0.914. The maximum Gasteiger partial charge on any atom is 0.335 e. The Morgan fingerprint density at radius 1 is 0.944 bits per heavy atom. The number of para-hydroxylation sites is 1. The Labute approximate surface area is 220 Å². The molecule has 1 aliphatic rings. The Morgan fingerprint density at radius 3 is 2.44 bits per heavy atom. The lowest BCUT2D eigenvalue weighted by Crippen LogP contribution is -2.54. The lowest BCUT2D eigenvalue weighted by atomic mass is 10.1. The van der Waals surface area contributed by atoms with E-state index in [2.05, 4.69) is 10.6 Å². The molecule has 11 heteroatoms. The molecule has 0 saturated carbocycles. The number of benzene rings is 3. The molecule has 36 heavy (non-hydrogen) atoms. The summed E-state index contributed by atoms with van der Waals surface area (Å²) in [7, 11) is 0. The van der Waals surface area contributed by atoms with Crippen LogP contribution in [-0.2, 0) is 14.4 Å². The van der Waals surface area contributed by atoms with Crippen molar-refractivity contribution in [3.05, 3.63) is 92.9 Å². The molecule has 0 aliphatic carbocycles. The summed E-state index contributed by atoms with van der Waals surface area (Å²) in [6, 6.07) is 16.3. The van der Waals surface area contributed by atoms with E-state index in [1.54, 1.807) is 36.4 Å². The molecule has 0 radical (unpaired) electrons. The number of carbonyl (C=O) groups is 4. The first kappa shape index (κ1) is 25.2. The first-order chi connectivity index (χ1) is 17.2. The Balaban J connectivity index is 1.59. The van der Waals surface area contributed by atoms with E-state index in [1.165, 1.54) is 36.4 Å². The monoisotopic (exact) mass is 543 g/mol. The maximum absolute atomic E-state index is 13.1. The lowest BCUT2D eigenvalue weighted by molar-refractivity contribution is -0.122. The fourth-order valence-corrected chi connectivity index (χ4v) is 3.87. The number of nitrogens with one attached hydrogen (secondary N) is 2. The van der Waals surface area contributed by atoms with Gasteiger partial charge in [0.25, 0.3) is 17.7 Å². The summed E-state index contributed by atoms with van der Waals surface area (Å²) in [5, 5.41) is 5.72. The van der Waals surface area contributed by atoms with E-state index >= 15 is 0 Å². The molecule has 0 spiro atoms. The number of hydrogen-bond donors (Lipinski definition) is 2. The molecule has 182 valence electrons. The highest BCUT2D eigenvalue weighted by atomic mass is 35.5. The van der Waals surface area contributed by atoms with Gasteiger partial charge in [-0.2, -0.15) is 0 Å². The van der Waals surface area contributed by atoms with Gasteiger partial charge in [0.2, 0.25) is 0 Å². The van der Waals surface area contributed by atoms with Crippen LogP contribution in [0.5, 0.6) is 5.75 Å². The molecule has 4 rings (SSSR count). The van der Waals surface area contributed by atoms with E-state index in [-0.39, 0.29) is 22.6 Å². The molecule has 1 aliphatic heterocycles. The summed E-state index contributed by atoms with van der Waals surface area (Å²) in [6.07, 6.45) is 1.23. The summed E-state index contributed by atoms with van der Waals surface area (Å²) >= 11 is 18.2. The Hall–Kier alpha value is -3.85. The van der Waals surface area contributed by atoms with Crippen molar-refractivity contribution < 1.29 is 23.9 Å². The molecule has 0 atom stereocenters. The number of hydrogen-bond acceptors (Lipinski definition) is 5. The number of imide groups is 2. The maximum atomic E-state index is 13.1. The topological polar surface area (TPSA) is 105 Å². The van der Waals surface area contributed by atoms with Crippen molar-refractivity contribution in [2.75, 3.05) is 16.8 Å². The molecular weight excluding hydrogens is 529 g/mol. The van der Waals surface area contributed by atoms with Crippen LogP contribution in [-0.4, -0.2) is 30.4 Å². The van der Waals surface area contributed by atoms with Crippen LogP contribution in [0.4, 0.5) is 16.2 Å². The van der Waals surface area contributed by atoms with Crippen LogP contribution in [0.15, 0.2) is 72.3 Å². The summed E-state index contributed by atoms with van der Waals surface area (Å²) in [4.78, 5) is 51.2. The highest BCUT2D eigenvalue weighted by molar-refractivity contribution is 6.39. The molecule has 1 heterocycles. The minimum Gasteiger partial charge on any atom is -0.483 e. The summed E-state index contributed by atoms with van der Waals surface area (Å²) in [5.74, 6) is -2.08. The average molecular weight is 545 g/mol. The van der Waals surface area contributed by atoms with Gasteiger partial charge >= 0.3 is 6.03 Å². The van der Waals surface area contributed by atoms with Crippen molar-refractivity contribution in [2.24, 2.45) is 0 Å². The molecule has 0 unspecified atom stereocenters. The lowest BCUT2D eigenvalue weighted by Gasteiger charge is -2.26. The minimum absolute atomic E-state index is 0.174. The molecule has 0 aromatic heterocycles. The SMILES string of the molecule is O=C(COc1ccc(Cl)cc1/C=C1\C(=O)NC(=O)N(c2cccc(Cl)c2)C1=O)Nc1ccccc1Cl. The van der Waals surface area contributed by atoms with Gasteiger partial charge in [-0.05, 0) is 54.6 Å². The first-order valence-electron chi connectivity index (χ1n) is 10.4. The second-order valence-corrected chi connectivity index (χ2v) is 8.72. The smallest absolute Gasteiger partial charge is 0.335 e. The fourth-order valence-electron chi connectivity index (χ4n) is 3.32. The van der Waals surface area contributed by atoms with Gasteiger partial charge in [0.15, 0.2) is 6.61 Å². The number of rotatable bonds is 6. The van der Waals surface area contributed by atoms with Gasteiger partial charge < -0.3 is 10.1 Å². The molecule has 1 fully saturated rings. The number of nitrogens with zero attached hydrogens (tertiary/aromatic N) is 1. The van der Waals surface area contributed by atoms with Crippen LogP contribution in [0.1, 0.15) is 5.56 Å². The van der Waals surface area contributed by atoms with Gasteiger partial charge in [0.1, 0.15) is 11.3 Å². The van der Waals surface area contributed by atoms with Gasteiger partial charge in [-0.1, -0.05) is 53.0 Å². The van der Waals surface area contributed by atoms with Gasteiger partial charge in [-0.15, -0.1) is 0 Å². The van der Waals surface area contributed by atoms with Crippen LogP contribution in [0.25, 0.3) is 6.08 Å². The van der Waals surface area contributed by atoms with E-state index < -0.39 is 30.4 Å². The van der Waals surface area contributed by atoms with Crippen LogP contribution < -0.4 is 20.3 Å². The van der Waals surface area contributed by atoms with Crippen LogP contribution in [0.2, 0.25) is 15.1 Å². The molecule has 5 amide bonds. The van der Waals surface area contributed by atoms with E-state index in [4.69, 9.17) is 39.5 Å². The van der Waals surface area contributed by atoms with Crippen LogP contribution >= 0.6 is 34.8 Å².